The van der Waals surface area contributed by atoms with Gasteiger partial charge in [-0.25, -0.2) is 0 Å². The molecule has 0 atom stereocenters. The largest absolute Gasteiger partial charge is 0.494 e. The van der Waals surface area contributed by atoms with Crippen LogP contribution in [0.25, 0.3) is 0 Å². The lowest BCUT2D eigenvalue weighted by Gasteiger charge is -2.07. The molecule has 2 rings (SSSR count). The number of hydrogen-bond acceptors (Lipinski definition) is 4. The van der Waals surface area contributed by atoms with Gasteiger partial charge in [0.2, 0.25) is 0 Å². The van der Waals surface area contributed by atoms with Gasteiger partial charge in [0.1, 0.15) is 5.75 Å². The van der Waals surface area contributed by atoms with Crippen molar-refractivity contribution in [2.24, 2.45) is 0 Å². The molecule has 1 aromatic heterocycles. The minimum absolute atomic E-state index is 0.0911. The molecule has 0 aliphatic carbocycles. The summed E-state index contributed by atoms with van der Waals surface area (Å²) in [5, 5.41) is 11.4. The number of carbonyl (C=O) groups is 2. The van der Waals surface area contributed by atoms with Gasteiger partial charge in [0, 0.05) is 17.0 Å². The number of ether oxygens (including phenoxy) is 1. The first-order chi connectivity index (χ1) is 11.0. The SMILES string of the molecule is Cc1cc(C(=O)Nc2ccc(OCCCC(=O)O)cc2)sc1C. The number of aliphatic carboxylic acids is 1. The van der Waals surface area contributed by atoms with Crippen LogP contribution in [0.15, 0.2) is 30.3 Å². The number of carbonyl (C=O) groups excluding carboxylic acids is 1. The summed E-state index contributed by atoms with van der Waals surface area (Å²) in [5.74, 6) is -0.303. The maximum Gasteiger partial charge on any atom is 0.303 e. The molecule has 0 fully saturated rings. The van der Waals surface area contributed by atoms with Crippen LogP contribution in [-0.4, -0.2) is 23.6 Å². The van der Waals surface area contributed by atoms with E-state index in [1.807, 2.05) is 19.9 Å². The van der Waals surface area contributed by atoms with Crippen molar-refractivity contribution in [1.82, 2.24) is 0 Å². The van der Waals surface area contributed by atoms with Gasteiger partial charge in [-0.05, 0) is 56.2 Å². The molecule has 0 radical (unpaired) electrons. The van der Waals surface area contributed by atoms with Crippen LogP contribution in [0.4, 0.5) is 5.69 Å². The Bertz CT molecular complexity index is 672. The number of anilines is 1. The average molecular weight is 333 g/mol. The normalized spacial score (nSPS) is 10.3. The first kappa shape index (κ1) is 17.0. The maximum atomic E-state index is 12.2. The van der Waals surface area contributed by atoms with E-state index in [1.165, 1.54) is 11.3 Å². The Morgan fingerprint density at radius 2 is 1.91 bits per heavy atom. The number of amides is 1. The second kappa shape index (κ2) is 7.78. The van der Waals surface area contributed by atoms with E-state index in [9.17, 15) is 9.59 Å². The lowest BCUT2D eigenvalue weighted by Crippen LogP contribution is -2.10. The molecule has 1 amide bonds. The average Bonchev–Trinajstić information content (AvgIpc) is 2.85. The van der Waals surface area contributed by atoms with E-state index >= 15 is 0 Å². The van der Waals surface area contributed by atoms with Gasteiger partial charge < -0.3 is 15.2 Å². The Hall–Kier alpha value is -2.34. The van der Waals surface area contributed by atoms with Crippen molar-refractivity contribution in [2.45, 2.75) is 26.7 Å². The molecule has 2 N–H and O–H groups in total. The number of carboxylic acid groups (broad SMARTS) is 1. The maximum absolute atomic E-state index is 12.2. The molecule has 0 unspecified atom stereocenters. The zero-order valence-corrected chi connectivity index (χ0v) is 13.9. The van der Waals surface area contributed by atoms with Gasteiger partial charge >= 0.3 is 5.97 Å². The molecule has 0 aliphatic rings. The fraction of sp³-hybridized carbons (Fsp3) is 0.294. The van der Waals surface area contributed by atoms with Crippen molar-refractivity contribution in [1.29, 1.82) is 0 Å². The molecule has 0 saturated carbocycles. The van der Waals surface area contributed by atoms with Crippen LogP contribution in [0.3, 0.4) is 0 Å². The Kier molecular flexibility index (Phi) is 5.76. The predicted octanol–water partition coefficient (Wildman–Crippen LogP) is 3.86. The smallest absolute Gasteiger partial charge is 0.303 e. The highest BCUT2D eigenvalue weighted by molar-refractivity contribution is 7.14. The highest BCUT2D eigenvalue weighted by atomic mass is 32.1. The monoisotopic (exact) mass is 333 g/mol. The highest BCUT2D eigenvalue weighted by Gasteiger charge is 2.10. The second-order valence-corrected chi connectivity index (χ2v) is 6.43. The van der Waals surface area contributed by atoms with Gasteiger partial charge in [-0.15, -0.1) is 11.3 Å². The number of rotatable bonds is 7. The molecule has 1 heterocycles. The van der Waals surface area contributed by atoms with E-state index in [1.54, 1.807) is 24.3 Å². The van der Waals surface area contributed by atoms with Crippen LogP contribution in [0, 0.1) is 13.8 Å². The number of thiophene rings is 1. The van der Waals surface area contributed by atoms with Crippen molar-refractivity contribution in [3.63, 3.8) is 0 Å². The fourth-order valence-electron chi connectivity index (χ4n) is 1.93. The van der Waals surface area contributed by atoms with Crippen LogP contribution in [0.5, 0.6) is 5.75 Å². The summed E-state index contributed by atoms with van der Waals surface area (Å²) in [6.45, 7) is 4.33. The van der Waals surface area contributed by atoms with Crippen molar-refractivity contribution < 1.29 is 19.4 Å². The van der Waals surface area contributed by atoms with E-state index in [4.69, 9.17) is 9.84 Å². The summed E-state index contributed by atoms with van der Waals surface area (Å²) in [6.07, 6.45) is 0.554. The molecule has 0 bridgehead atoms. The third-order valence-electron chi connectivity index (χ3n) is 3.31. The Balaban J connectivity index is 1.87. The number of nitrogens with one attached hydrogen (secondary N) is 1. The second-order valence-electron chi connectivity index (χ2n) is 5.17. The number of hydrogen-bond donors (Lipinski definition) is 2. The number of benzene rings is 1. The topological polar surface area (TPSA) is 75.6 Å². The van der Waals surface area contributed by atoms with E-state index in [0.717, 1.165) is 10.4 Å². The fourth-order valence-corrected chi connectivity index (χ4v) is 2.85. The Morgan fingerprint density at radius 3 is 2.48 bits per heavy atom. The third kappa shape index (κ3) is 5.10. The van der Waals surface area contributed by atoms with Gasteiger partial charge in [0.05, 0.1) is 11.5 Å². The molecule has 0 saturated heterocycles. The molecular weight excluding hydrogens is 314 g/mol. The molecule has 122 valence electrons. The van der Waals surface area contributed by atoms with E-state index in [2.05, 4.69) is 5.32 Å². The minimum Gasteiger partial charge on any atom is -0.494 e. The van der Waals surface area contributed by atoms with E-state index < -0.39 is 5.97 Å². The van der Waals surface area contributed by atoms with Crippen LogP contribution < -0.4 is 10.1 Å². The third-order valence-corrected chi connectivity index (χ3v) is 4.46. The molecule has 6 heteroatoms. The molecule has 5 nitrogen and oxygen atoms in total. The van der Waals surface area contributed by atoms with Crippen molar-refractivity contribution in [3.8, 4) is 5.75 Å². The summed E-state index contributed by atoms with van der Waals surface area (Å²) < 4.78 is 5.45. The quantitative estimate of drug-likeness (QED) is 0.754. The van der Waals surface area contributed by atoms with Gasteiger partial charge in [-0.3, -0.25) is 9.59 Å². The van der Waals surface area contributed by atoms with Crippen LogP contribution in [0.2, 0.25) is 0 Å². The van der Waals surface area contributed by atoms with Gasteiger partial charge in [0.25, 0.3) is 5.91 Å². The summed E-state index contributed by atoms with van der Waals surface area (Å²) in [5.41, 5.74) is 1.81. The predicted molar refractivity (Wildman–Crippen MR) is 90.6 cm³/mol. The van der Waals surface area contributed by atoms with Crippen molar-refractivity contribution in [3.05, 3.63) is 45.6 Å². The molecule has 0 spiro atoms. The lowest BCUT2D eigenvalue weighted by atomic mass is 10.2. The minimum atomic E-state index is -0.828. The molecule has 23 heavy (non-hydrogen) atoms. The summed E-state index contributed by atoms with van der Waals surface area (Å²) >= 11 is 1.48. The molecule has 1 aromatic carbocycles. The van der Waals surface area contributed by atoms with Crippen molar-refractivity contribution >= 4 is 28.9 Å². The summed E-state index contributed by atoms with van der Waals surface area (Å²) in [4.78, 5) is 24.4. The Morgan fingerprint density at radius 1 is 1.22 bits per heavy atom. The first-order valence-corrected chi connectivity index (χ1v) is 8.10. The van der Waals surface area contributed by atoms with Gasteiger partial charge in [0.15, 0.2) is 0 Å². The standard InChI is InChI=1S/C17H19NO4S/c1-11-10-15(23-12(11)2)17(21)18-13-5-7-14(8-6-13)22-9-3-4-16(19)20/h5-8,10H,3-4,9H2,1-2H3,(H,18,21)(H,19,20). The van der Waals surface area contributed by atoms with Crippen LogP contribution >= 0.6 is 11.3 Å². The van der Waals surface area contributed by atoms with Crippen LogP contribution in [0.1, 0.15) is 33.0 Å². The van der Waals surface area contributed by atoms with Crippen LogP contribution in [-0.2, 0) is 4.79 Å². The summed E-state index contributed by atoms with van der Waals surface area (Å²) in [7, 11) is 0. The van der Waals surface area contributed by atoms with E-state index in [-0.39, 0.29) is 12.3 Å². The summed E-state index contributed by atoms with van der Waals surface area (Å²) in [6, 6.07) is 8.91. The van der Waals surface area contributed by atoms with Gasteiger partial charge in [-0.2, -0.15) is 0 Å². The molecule has 0 aliphatic heterocycles. The lowest BCUT2D eigenvalue weighted by molar-refractivity contribution is -0.137. The zero-order chi connectivity index (χ0) is 16.8. The van der Waals surface area contributed by atoms with Gasteiger partial charge in [-0.1, -0.05) is 0 Å². The molecular formula is C17H19NO4S. The first-order valence-electron chi connectivity index (χ1n) is 7.29. The van der Waals surface area contributed by atoms with Crippen molar-refractivity contribution in [2.75, 3.05) is 11.9 Å². The Labute approximate surface area is 138 Å². The molecule has 2 aromatic rings. The highest BCUT2D eigenvalue weighted by Crippen LogP contribution is 2.22. The van der Waals surface area contributed by atoms with E-state index in [0.29, 0.717) is 29.3 Å². The number of aryl methyl sites for hydroxylation is 2. The zero-order valence-electron chi connectivity index (χ0n) is 13.1. The number of carboxylic acids is 1.